The standard InChI is InChI=1S/C36H68N2O5/c1-10-11-12-13-18-21-24-40-38-34(6,7)27-36(28-35(38,8)9)30(42-43-36)22-19-16-14-15-17-20-23-31(39)41-29-25-32(2,3)37-33(4,5)26-29/h29-30,37H,10-28H2,1-9H3. The Labute approximate surface area is 264 Å². The van der Waals surface area contributed by atoms with Gasteiger partial charge in [0.1, 0.15) is 17.8 Å². The molecule has 1 spiro atoms. The van der Waals surface area contributed by atoms with E-state index in [1.54, 1.807) is 0 Å². The molecule has 0 aromatic carbocycles. The summed E-state index contributed by atoms with van der Waals surface area (Å²) in [6.07, 6.45) is 19.7. The van der Waals surface area contributed by atoms with E-state index in [0.29, 0.717) is 6.42 Å². The second kappa shape index (κ2) is 15.7. The molecule has 0 amide bonds. The largest absolute Gasteiger partial charge is 0.462 e. The Morgan fingerprint density at radius 3 is 1.86 bits per heavy atom. The number of hydrogen-bond donors (Lipinski definition) is 1. The van der Waals surface area contributed by atoms with Crippen LogP contribution in [0, 0.1) is 0 Å². The van der Waals surface area contributed by atoms with Gasteiger partial charge in [-0.3, -0.25) is 9.63 Å². The van der Waals surface area contributed by atoms with Crippen LogP contribution >= 0.6 is 0 Å². The van der Waals surface area contributed by atoms with E-state index in [1.807, 2.05) is 0 Å². The summed E-state index contributed by atoms with van der Waals surface area (Å²) < 4.78 is 5.87. The summed E-state index contributed by atoms with van der Waals surface area (Å²) in [5.41, 5.74) is -0.463. The molecule has 3 saturated heterocycles. The highest BCUT2D eigenvalue weighted by Crippen LogP contribution is 2.52. The van der Waals surface area contributed by atoms with E-state index >= 15 is 0 Å². The Bertz CT molecular complexity index is 821. The lowest BCUT2D eigenvalue weighted by Crippen LogP contribution is -2.72. The number of carbonyl (C=O) groups excluding carboxylic acids is 1. The molecule has 3 aliphatic rings. The van der Waals surface area contributed by atoms with Gasteiger partial charge in [0, 0.05) is 54.3 Å². The summed E-state index contributed by atoms with van der Waals surface area (Å²) in [6, 6.07) is 0. The molecule has 252 valence electrons. The minimum atomic E-state index is -0.216. The van der Waals surface area contributed by atoms with Crippen molar-refractivity contribution in [1.29, 1.82) is 0 Å². The SMILES string of the molecule is CCCCCCCCON1C(C)(C)CC2(CC1(C)C)OOC2CCCCCCCCC(=O)OC1CC(C)(C)NC(C)(C)C1. The molecular weight excluding hydrogens is 540 g/mol. The molecule has 0 aromatic heterocycles. The van der Waals surface area contributed by atoms with Crippen LogP contribution in [-0.4, -0.2) is 57.6 Å². The fourth-order valence-corrected chi connectivity index (χ4v) is 8.59. The Morgan fingerprint density at radius 1 is 0.767 bits per heavy atom. The number of unbranched alkanes of at least 4 members (excludes halogenated alkanes) is 10. The Morgan fingerprint density at radius 2 is 1.30 bits per heavy atom. The van der Waals surface area contributed by atoms with Crippen molar-refractivity contribution >= 4 is 5.97 Å². The molecule has 0 aliphatic carbocycles. The highest BCUT2D eigenvalue weighted by molar-refractivity contribution is 5.69. The van der Waals surface area contributed by atoms with Crippen LogP contribution in [0.25, 0.3) is 0 Å². The van der Waals surface area contributed by atoms with Gasteiger partial charge in [0.05, 0.1) is 6.61 Å². The molecule has 1 atom stereocenters. The van der Waals surface area contributed by atoms with E-state index < -0.39 is 0 Å². The van der Waals surface area contributed by atoms with Crippen LogP contribution in [0.1, 0.15) is 178 Å². The van der Waals surface area contributed by atoms with Gasteiger partial charge in [-0.2, -0.15) is 5.06 Å². The van der Waals surface area contributed by atoms with Gasteiger partial charge in [-0.25, -0.2) is 9.78 Å². The third-order valence-corrected chi connectivity index (χ3v) is 9.75. The first-order valence-electron chi connectivity index (χ1n) is 17.9. The van der Waals surface area contributed by atoms with Crippen LogP contribution < -0.4 is 5.32 Å². The summed E-state index contributed by atoms with van der Waals surface area (Å²) >= 11 is 0. The van der Waals surface area contributed by atoms with Gasteiger partial charge in [-0.1, -0.05) is 71.1 Å². The average Bonchev–Trinajstić information content (AvgIpc) is 2.85. The summed E-state index contributed by atoms with van der Waals surface area (Å²) in [5.74, 6) is -0.0318. The molecule has 1 N–H and O–H groups in total. The number of nitrogens with zero attached hydrogens (tertiary/aromatic N) is 1. The monoisotopic (exact) mass is 609 g/mol. The van der Waals surface area contributed by atoms with Crippen LogP contribution in [0.15, 0.2) is 0 Å². The molecule has 3 rings (SSSR count). The van der Waals surface area contributed by atoms with Crippen LogP contribution in [-0.2, 0) is 24.1 Å². The van der Waals surface area contributed by atoms with E-state index in [9.17, 15) is 4.79 Å². The topological polar surface area (TPSA) is 69.3 Å². The van der Waals surface area contributed by atoms with Gasteiger partial charge < -0.3 is 10.1 Å². The Hall–Kier alpha value is -0.730. The number of rotatable bonds is 18. The van der Waals surface area contributed by atoms with Gasteiger partial charge in [-0.05, 0) is 74.7 Å². The normalized spacial score (nSPS) is 25.8. The number of carbonyl (C=O) groups is 1. The van der Waals surface area contributed by atoms with Gasteiger partial charge in [0.2, 0.25) is 0 Å². The Balaban J connectivity index is 1.29. The van der Waals surface area contributed by atoms with Crippen molar-refractivity contribution in [3.05, 3.63) is 0 Å². The second-order valence-corrected chi connectivity index (χ2v) is 16.7. The van der Waals surface area contributed by atoms with Gasteiger partial charge in [-0.15, -0.1) is 0 Å². The van der Waals surface area contributed by atoms with Crippen molar-refractivity contribution < 1.29 is 24.1 Å². The maximum atomic E-state index is 12.5. The number of hydroxylamine groups is 2. The van der Waals surface area contributed by atoms with Crippen LogP contribution in [0.5, 0.6) is 0 Å². The predicted octanol–water partition coefficient (Wildman–Crippen LogP) is 8.97. The van der Waals surface area contributed by atoms with E-state index in [-0.39, 0.29) is 45.9 Å². The first-order valence-corrected chi connectivity index (χ1v) is 17.9. The fraction of sp³-hybridized carbons (Fsp3) is 0.972. The third-order valence-electron chi connectivity index (χ3n) is 9.75. The maximum absolute atomic E-state index is 12.5. The highest BCUT2D eigenvalue weighted by Gasteiger charge is 2.62. The summed E-state index contributed by atoms with van der Waals surface area (Å²) in [5, 5.41) is 5.92. The van der Waals surface area contributed by atoms with Crippen LogP contribution in [0.3, 0.4) is 0 Å². The third kappa shape index (κ3) is 11.2. The number of esters is 1. The molecule has 7 nitrogen and oxygen atoms in total. The maximum Gasteiger partial charge on any atom is 0.306 e. The molecule has 0 bridgehead atoms. The lowest BCUT2D eigenvalue weighted by Gasteiger charge is -2.61. The first kappa shape index (κ1) is 36.7. The molecule has 3 fully saturated rings. The number of ether oxygens (including phenoxy) is 1. The zero-order valence-electron chi connectivity index (χ0n) is 29.6. The second-order valence-electron chi connectivity index (χ2n) is 16.7. The van der Waals surface area contributed by atoms with Gasteiger partial charge in [0.15, 0.2) is 0 Å². The molecule has 3 aliphatic heterocycles. The quantitative estimate of drug-likeness (QED) is 0.0946. The van der Waals surface area contributed by atoms with Crippen molar-refractivity contribution in [3.63, 3.8) is 0 Å². The zero-order valence-corrected chi connectivity index (χ0v) is 29.6. The minimum Gasteiger partial charge on any atom is -0.462 e. The average molecular weight is 609 g/mol. The van der Waals surface area contributed by atoms with Gasteiger partial charge in [0.25, 0.3) is 0 Å². The van der Waals surface area contributed by atoms with Crippen molar-refractivity contribution in [2.45, 2.75) is 218 Å². The van der Waals surface area contributed by atoms with E-state index in [1.165, 1.54) is 51.4 Å². The molecule has 0 radical (unpaired) electrons. The van der Waals surface area contributed by atoms with Crippen LogP contribution in [0.4, 0.5) is 0 Å². The first-order chi connectivity index (χ1) is 20.1. The number of nitrogens with one attached hydrogen (secondary N) is 1. The summed E-state index contributed by atoms with van der Waals surface area (Å²) in [7, 11) is 0. The minimum absolute atomic E-state index is 0.00586. The highest BCUT2D eigenvalue weighted by atomic mass is 17.3. The van der Waals surface area contributed by atoms with Crippen molar-refractivity contribution in [3.8, 4) is 0 Å². The molecule has 7 heteroatoms. The molecule has 43 heavy (non-hydrogen) atoms. The van der Waals surface area contributed by atoms with Crippen molar-refractivity contribution in [2.75, 3.05) is 6.61 Å². The summed E-state index contributed by atoms with van der Waals surface area (Å²) in [4.78, 5) is 30.6. The Kier molecular flexibility index (Phi) is 13.4. The fourth-order valence-electron chi connectivity index (χ4n) is 8.59. The number of hydrogen-bond acceptors (Lipinski definition) is 7. The lowest BCUT2D eigenvalue weighted by molar-refractivity contribution is -0.531. The van der Waals surface area contributed by atoms with Crippen LogP contribution in [0.2, 0.25) is 0 Å². The zero-order chi connectivity index (χ0) is 31.8. The summed E-state index contributed by atoms with van der Waals surface area (Å²) in [6.45, 7) is 21.0. The van der Waals surface area contributed by atoms with Gasteiger partial charge >= 0.3 is 5.97 Å². The van der Waals surface area contributed by atoms with E-state index in [2.05, 4.69) is 72.7 Å². The van der Waals surface area contributed by atoms with Crippen molar-refractivity contribution in [1.82, 2.24) is 10.4 Å². The van der Waals surface area contributed by atoms with E-state index in [0.717, 1.165) is 64.4 Å². The molecule has 3 heterocycles. The van der Waals surface area contributed by atoms with E-state index in [4.69, 9.17) is 19.3 Å². The molecular formula is C36H68N2O5. The molecule has 1 unspecified atom stereocenters. The van der Waals surface area contributed by atoms with Crippen molar-refractivity contribution in [2.24, 2.45) is 0 Å². The molecule has 0 aromatic rings. The smallest absolute Gasteiger partial charge is 0.306 e. The number of piperidine rings is 2. The molecule has 0 saturated carbocycles. The lowest BCUT2D eigenvalue weighted by atomic mass is 9.68. The predicted molar refractivity (Wildman–Crippen MR) is 175 cm³/mol.